The number of unbranched alkanes of at least 4 members (excludes halogenated alkanes) is 7. The monoisotopic (exact) mass is 299 g/mol. The summed E-state index contributed by atoms with van der Waals surface area (Å²) in [5.74, 6) is -0.268. The van der Waals surface area contributed by atoms with Crippen molar-refractivity contribution in [1.29, 1.82) is 0 Å². The van der Waals surface area contributed by atoms with Gasteiger partial charge >= 0.3 is 0 Å². The second-order valence-corrected chi connectivity index (χ2v) is 5.86. The lowest BCUT2D eigenvalue weighted by Gasteiger charge is -2.13. The Morgan fingerprint density at radius 3 is 1.86 bits per heavy atom. The minimum atomic E-state index is -0.134. The van der Waals surface area contributed by atoms with Crippen molar-refractivity contribution in [3.63, 3.8) is 0 Å². The summed E-state index contributed by atoms with van der Waals surface area (Å²) in [6.07, 6.45) is 11.2. The molecular formula is C19H25NO2. The zero-order valence-electron chi connectivity index (χ0n) is 13.2. The molecular weight excluding hydrogens is 274 g/mol. The molecule has 3 heteroatoms. The molecule has 0 bridgehead atoms. The Labute approximate surface area is 133 Å². The summed E-state index contributed by atoms with van der Waals surface area (Å²) in [6, 6.07) is 7.08. The first kappa shape index (κ1) is 16.5. The molecule has 0 spiro atoms. The number of imide groups is 1. The lowest BCUT2D eigenvalue weighted by molar-refractivity contribution is 0.0651. The second-order valence-electron chi connectivity index (χ2n) is 5.86. The molecule has 118 valence electrons. The summed E-state index contributed by atoms with van der Waals surface area (Å²) in [4.78, 5) is 25.7. The van der Waals surface area contributed by atoms with Gasteiger partial charge < -0.3 is 0 Å². The highest BCUT2D eigenvalue weighted by Crippen LogP contribution is 2.22. The molecule has 0 fully saturated rings. The van der Waals surface area contributed by atoms with Gasteiger partial charge in [0.2, 0.25) is 0 Å². The van der Waals surface area contributed by atoms with Crippen LogP contribution in [0.1, 0.15) is 72.1 Å². The van der Waals surface area contributed by atoms with E-state index in [1.807, 2.05) is 6.08 Å². The molecule has 0 atom stereocenters. The Bertz CT molecular complexity index is 501. The van der Waals surface area contributed by atoms with Crippen LogP contribution in [0.4, 0.5) is 0 Å². The van der Waals surface area contributed by atoms with Crippen LogP contribution < -0.4 is 0 Å². The maximum atomic E-state index is 12.2. The van der Waals surface area contributed by atoms with E-state index in [-0.39, 0.29) is 11.8 Å². The largest absolute Gasteiger partial charge is 0.274 e. The summed E-state index contributed by atoms with van der Waals surface area (Å²) < 4.78 is 0. The van der Waals surface area contributed by atoms with Crippen LogP contribution in [0.5, 0.6) is 0 Å². The molecule has 0 unspecified atom stereocenters. The van der Waals surface area contributed by atoms with Crippen molar-refractivity contribution in [3.8, 4) is 0 Å². The molecule has 3 nitrogen and oxygen atoms in total. The molecule has 2 amide bonds. The summed E-state index contributed by atoms with van der Waals surface area (Å²) in [6.45, 7) is 4.27. The number of allylic oxidation sites excluding steroid dienone is 1. The van der Waals surface area contributed by atoms with E-state index in [1.54, 1.807) is 24.3 Å². The van der Waals surface area contributed by atoms with Crippen molar-refractivity contribution in [3.05, 3.63) is 48.0 Å². The van der Waals surface area contributed by atoms with E-state index in [2.05, 4.69) is 6.58 Å². The standard InChI is InChI=1S/C19H25NO2/c1-2-3-4-5-6-7-8-9-12-15-20-18(21)16-13-10-11-14-17(16)19(20)22/h2,10-11,13-14H,1,3-9,12,15H2. The third-order valence-corrected chi connectivity index (χ3v) is 4.17. The van der Waals surface area contributed by atoms with Crippen molar-refractivity contribution in [2.45, 2.75) is 51.4 Å². The van der Waals surface area contributed by atoms with Gasteiger partial charge in [0.15, 0.2) is 0 Å². The first-order valence-corrected chi connectivity index (χ1v) is 8.32. The first-order valence-electron chi connectivity index (χ1n) is 8.32. The van der Waals surface area contributed by atoms with Crippen LogP contribution in [-0.4, -0.2) is 23.3 Å². The summed E-state index contributed by atoms with van der Waals surface area (Å²) in [7, 11) is 0. The average Bonchev–Trinajstić information content (AvgIpc) is 2.78. The SMILES string of the molecule is C=CCCCCCCCCCN1C(=O)c2ccccc2C1=O. The molecule has 1 aliphatic heterocycles. The molecule has 2 rings (SSSR count). The molecule has 0 radical (unpaired) electrons. The zero-order valence-corrected chi connectivity index (χ0v) is 13.2. The van der Waals surface area contributed by atoms with Gasteiger partial charge in [0.1, 0.15) is 0 Å². The van der Waals surface area contributed by atoms with E-state index in [0.29, 0.717) is 17.7 Å². The fourth-order valence-corrected chi connectivity index (χ4v) is 2.88. The van der Waals surface area contributed by atoms with E-state index in [1.165, 1.54) is 37.0 Å². The number of hydrogen-bond donors (Lipinski definition) is 0. The van der Waals surface area contributed by atoms with E-state index in [0.717, 1.165) is 19.3 Å². The number of carbonyl (C=O) groups excluding carboxylic acids is 2. The quantitative estimate of drug-likeness (QED) is 0.360. The highest BCUT2D eigenvalue weighted by Gasteiger charge is 2.34. The first-order chi connectivity index (χ1) is 10.8. The number of hydrogen-bond acceptors (Lipinski definition) is 2. The van der Waals surface area contributed by atoms with Crippen LogP contribution >= 0.6 is 0 Å². The second kappa shape index (κ2) is 8.52. The van der Waals surface area contributed by atoms with Gasteiger partial charge in [-0.25, -0.2) is 0 Å². The van der Waals surface area contributed by atoms with Crippen molar-refractivity contribution < 1.29 is 9.59 Å². The van der Waals surface area contributed by atoms with E-state index < -0.39 is 0 Å². The van der Waals surface area contributed by atoms with Crippen molar-refractivity contribution in [1.82, 2.24) is 4.90 Å². The van der Waals surface area contributed by atoms with Crippen molar-refractivity contribution in [2.75, 3.05) is 6.54 Å². The lowest BCUT2D eigenvalue weighted by atomic mass is 10.1. The number of amides is 2. The summed E-state index contributed by atoms with van der Waals surface area (Å²) >= 11 is 0. The third-order valence-electron chi connectivity index (χ3n) is 4.17. The van der Waals surface area contributed by atoms with Gasteiger partial charge in [-0.3, -0.25) is 14.5 Å². The fourth-order valence-electron chi connectivity index (χ4n) is 2.88. The molecule has 0 aromatic heterocycles. The Balaban J connectivity index is 1.63. The van der Waals surface area contributed by atoms with Gasteiger partial charge in [-0.15, -0.1) is 6.58 Å². The minimum absolute atomic E-state index is 0.134. The van der Waals surface area contributed by atoms with Crippen molar-refractivity contribution in [2.24, 2.45) is 0 Å². The predicted octanol–water partition coefficient (Wildman–Crippen LogP) is 4.59. The highest BCUT2D eigenvalue weighted by molar-refractivity contribution is 6.21. The molecule has 1 aromatic rings. The van der Waals surface area contributed by atoms with Crippen LogP contribution in [0.3, 0.4) is 0 Å². The van der Waals surface area contributed by atoms with Crippen LogP contribution in [0.2, 0.25) is 0 Å². The Hall–Kier alpha value is -1.90. The Morgan fingerprint density at radius 2 is 1.32 bits per heavy atom. The van der Waals surface area contributed by atoms with Gasteiger partial charge in [0.05, 0.1) is 11.1 Å². The predicted molar refractivity (Wildman–Crippen MR) is 88.9 cm³/mol. The van der Waals surface area contributed by atoms with Crippen LogP contribution in [-0.2, 0) is 0 Å². The van der Waals surface area contributed by atoms with E-state index in [4.69, 9.17) is 0 Å². The molecule has 1 heterocycles. The van der Waals surface area contributed by atoms with Gasteiger partial charge in [0, 0.05) is 6.54 Å². The average molecular weight is 299 g/mol. The molecule has 1 aromatic carbocycles. The molecule has 22 heavy (non-hydrogen) atoms. The summed E-state index contributed by atoms with van der Waals surface area (Å²) in [5.41, 5.74) is 1.10. The zero-order chi connectivity index (χ0) is 15.8. The van der Waals surface area contributed by atoms with Crippen LogP contribution in [0, 0.1) is 0 Å². The minimum Gasteiger partial charge on any atom is -0.274 e. The topological polar surface area (TPSA) is 37.4 Å². The number of carbonyl (C=O) groups is 2. The fraction of sp³-hybridized carbons (Fsp3) is 0.474. The molecule has 0 saturated heterocycles. The lowest BCUT2D eigenvalue weighted by Crippen LogP contribution is -2.30. The van der Waals surface area contributed by atoms with Gasteiger partial charge in [-0.1, -0.05) is 50.3 Å². The molecule has 0 aliphatic carbocycles. The third kappa shape index (κ3) is 4.06. The molecule has 0 N–H and O–H groups in total. The number of fused-ring (bicyclic) bond motifs is 1. The van der Waals surface area contributed by atoms with Gasteiger partial charge in [-0.05, 0) is 31.4 Å². The van der Waals surface area contributed by atoms with Crippen molar-refractivity contribution >= 4 is 11.8 Å². The summed E-state index contributed by atoms with van der Waals surface area (Å²) in [5, 5.41) is 0. The molecule has 0 saturated carbocycles. The van der Waals surface area contributed by atoms with Gasteiger partial charge in [-0.2, -0.15) is 0 Å². The maximum Gasteiger partial charge on any atom is 0.261 e. The maximum absolute atomic E-state index is 12.2. The van der Waals surface area contributed by atoms with Crippen LogP contribution in [0.15, 0.2) is 36.9 Å². The highest BCUT2D eigenvalue weighted by atomic mass is 16.2. The number of rotatable bonds is 10. The Kier molecular flexibility index (Phi) is 6.38. The van der Waals surface area contributed by atoms with Gasteiger partial charge in [0.25, 0.3) is 11.8 Å². The normalized spacial score (nSPS) is 13.5. The number of nitrogens with zero attached hydrogens (tertiary/aromatic N) is 1. The number of benzene rings is 1. The van der Waals surface area contributed by atoms with Crippen LogP contribution in [0.25, 0.3) is 0 Å². The molecule has 1 aliphatic rings. The van der Waals surface area contributed by atoms with E-state index >= 15 is 0 Å². The Morgan fingerprint density at radius 1 is 0.818 bits per heavy atom. The van der Waals surface area contributed by atoms with E-state index in [9.17, 15) is 9.59 Å². The smallest absolute Gasteiger partial charge is 0.261 e.